The maximum Gasteiger partial charge on any atom is 0.345 e. The fourth-order valence-electron chi connectivity index (χ4n) is 4.72. The first-order valence-electron chi connectivity index (χ1n) is 15.9. The van der Waals surface area contributed by atoms with Gasteiger partial charge in [-0.3, -0.25) is 14.4 Å². The topological polar surface area (TPSA) is 151 Å². The number of carboxylic acid groups (broad SMARTS) is 1. The summed E-state index contributed by atoms with van der Waals surface area (Å²) < 4.78 is 10.5. The molecule has 2 aromatic carbocycles. The van der Waals surface area contributed by atoms with Crippen LogP contribution < -0.4 is 15.4 Å². The van der Waals surface area contributed by atoms with Crippen molar-refractivity contribution in [2.75, 3.05) is 13.7 Å². The lowest BCUT2D eigenvalue weighted by atomic mass is 9.93. The smallest absolute Gasteiger partial charge is 0.345 e. The lowest BCUT2D eigenvalue weighted by Gasteiger charge is -2.27. The van der Waals surface area contributed by atoms with E-state index in [9.17, 15) is 29.4 Å². The van der Waals surface area contributed by atoms with Crippen molar-refractivity contribution in [3.05, 3.63) is 76.8 Å². The first kappa shape index (κ1) is 39.3. The van der Waals surface area contributed by atoms with E-state index in [-0.39, 0.29) is 31.2 Å². The average Bonchev–Trinajstić information content (AvgIpc) is 3.01. The SMILES string of the molecule is COc1ccc(C[C@@H](NC(=O)/C=C/CCC(C)C(O)Cc2ccccc2)C(=O)NCC(C)(C)C(=O)OC(CC(C)C)C(=O)O)cc1Cl. The first-order chi connectivity index (χ1) is 22.1. The van der Waals surface area contributed by atoms with Crippen molar-refractivity contribution < 1.29 is 38.9 Å². The van der Waals surface area contributed by atoms with Crippen molar-refractivity contribution in [3.8, 4) is 5.75 Å². The van der Waals surface area contributed by atoms with Crippen LogP contribution in [0.4, 0.5) is 0 Å². The van der Waals surface area contributed by atoms with Gasteiger partial charge in [-0.1, -0.05) is 74.8 Å². The average molecular weight is 673 g/mol. The maximum absolute atomic E-state index is 13.4. The van der Waals surface area contributed by atoms with E-state index in [0.29, 0.717) is 35.6 Å². The molecule has 2 aromatic rings. The molecule has 0 heterocycles. The predicted octanol–water partition coefficient (Wildman–Crippen LogP) is 5.14. The van der Waals surface area contributed by atoms with Gasteiger partial charge in [0.15, 0.2) is 6.10 Å². The van der Waals surface area contributed by atoms with Crippen LogP contribution in [0.3, 0.4) is 0 Å². The molecule has 0 radical (unpaired) electrons. The molecule has 0 spiro atoms. The summed E-state index contributed by atoms with van der Waals surface area (Å²) >= 11 is 6.29. The number of carbonyl (C=O) groups excluding carboxylic acids is 3. The second-order valence-electron chi connectivity index (χ2n) is 12.9. The van der Waals surface area contributed by atoms with Gasteiger partial charge < -0.3 is 30.3 Å². The van der Waals surface area contributed by atoms with Gasteiger partial charge in [-0.25, -0.2) is 4.79 Å². The summed E-state index contributed by atoms with van der Waals surface area (Å²) in [5.41, 5.74) is 0.471. The quantitative estimate of drug-likeness (QED) is 0.118. The molecule has 4 atom stereocenters. The predicted molar refractivity (Wildman–Crippen MR) is 181 cm³/mol. The number of carbonyl (C=O) groups is 4. The number of rotatable bonds is 19. The van der Waals surface area contributed by atoms with Crippen molar-refractivity contribution in [2.24, 2.45) is 17.3 Å². The normalized spacial score (nSPS) is 14.2. The van der Waals surface area contributed by atoms with Crippen LogP contribution in [0.2, 0.25) is 5.02 Å². The van der Waals surface area contributed by atoms with Crippen LogP contribution in [0.1, 0.15) is 65.0 Å². The standard InChI is InChI=1S/C36H49ClN2O8/c1-23(2)18-31(34(43)44)47-35(45)36(4,5)22-38-33(42)28(20-26-16-17-30(46-6)27(37)19-26)39-32(41)15-11-10-12-24(3)29(40)21-25-13-8-7-9-14-25/h7-9,11,13-17,19,23-24,28-29,31,40H,10,12,18,20-22H2,1-6H3,(H,38,42)(H,39,41)(H,43,44)/b15-11+/t24?,28-,29?,31?/m1/s1. The van der Waals surface area contributed by atoms with Crippen molar-refractivity contribution >= 4 is 35.4 Å². The van der Waals surface area contributed by atoms with E-state index in [1.54, 1.807) is 38.1 Å². The number of hydrogen-bond acceptors (Lipinski definition) is 7. The number of esters is 1. The van der Waals surface area contributed by atoms with Crippen LogP contribution in [0.25, 0.3) is 0 Å². The number of ether oxygens (including phenoxy) is 2. The molecule has 0 aliphatic carbocycles. The highest BCUT2D eigenvalue weighted by Gasteiger charge is 2.35. The van der Waals surface area contributed by atoms with Crippen LogP contribution in [0.5, 0.6) is 5.75 Å². The number of halogens is 1. The Hall–Kier alpha value is -3.89. The van der Waals surface area contributed by atoms with Gasteiger partial charge in [0.05, 0.1) is 23.7 Å². The minimum atomic E-state index is -1.30. The number of aliphatic hydroxyl groups excluding tert-OH is 1. The summed E-state index contributed by atoms with van der Waals surface area (Å²) in [5, 5.41) is 25.8. The highest BCUT2D eigenvalue weighted by atomic mass is 35.5. The summed E-state index contributed by atoms with van der Waals surface area (Å²) in [6.45, 7) is 8.54. The Kier molecular flexibility index (Phi) is 15.9. The second kappa shape index (κ2) is 19.1. The van der Waals surface area contributed by atoms with Gasteiger partial charge in [-0.2, -0.15) is 0 Å². The summed E-state index contributed by atoms with van der Waals surface area (Å²) in [5.74, 6) is -2.58. The zero-order valence-corrected chi connectivity index (χ0v) is 28.9. The number of carboxylic acids is 1. The Morgan fingerprint density at radius 1 is 1.00 bits per heavy atom. The van der Waals surface area contributed by atoms with Gasteiger partial charge >= 0.3 is 11.9 Å². The number of benzene rings is 2. The fourth-order valence-corrected chi connectivity index (χ4v) is 5.00. The van der Waals surface area contributed by atoms with E-state index in [0.717, 1.165) is 5.56 Å². The molecule has 2 rings (SSSR count). The van der Waals surface area contributed by atoms with Crippen LogP contribution in [-0.4, -0.2) is 65.9 Å². The van der Waals surface area contributed by atoms with Gasteiger partial charge in [-0.15, -0.1) is 0 Å². The monoisotopic (exact) mass is 672 g/mol. The molecule has 0 saturated carbocycles. The van der Waals surface area contributed by atoms with Crippen LogP contribution in [0, 0.1) is 17.3 Å². The summed E-state index contributed by atoms with van der Waals surface area (Å²) in [6.07, 6.45) is 3.26. The third kappa shape index (κ3) is 13.8. The molecule has 0 bridgehead atoms. The first-order valence-corrected chi connectivity index (χ1v) is 16.2. The summed E-state index contributed by atoms with van der Waals surface area (Å²) in [6, 6.07) is 13.8. The van der Waals surface area contributed by atoms with Crippen molar-refractivity contribution in [3.63, 3.8) is 0 Å². The molecule has 0 aliphatic rings. The minimum Gasteiger partial charge on any atom is -0.495 e. The number of aliphatic hydroxyl groups is 1. The van der Waals surface area contributed by atoms with Crippen LogP contribution in [0.15, 0.2) is 60.7 Å². The van der Waals surface area contributed by atoms with E-state index in [1.807, 2.05) is 51.1 Å². The molecule has 0 aromatic heterocycles. The van der Waals surface area contributed by atoms with Crippen molar-refractivity contribution in [1.29, 1.82) is 0 Å². The van der Waals surface area contributed by atoms with Crippen LogP contribution >= 0.6 is 11.6 Å². The van der Waals surface area contributed by atoms with E-state index in [2.05, 4.69) is 10.6 Å². The summed E-state index contributed by atoms with van der Waals surface area (Å²) in [4.78, 5) is 50.8. The molecule has 4 N–H and O–H groups in total. The number of methoxy groups -OCH3 is 1. The number of nitrogens with one attached hydrogen (secondary N) is 2. The molecule has 10 nitrogen and oxygen atoms in total. The lowest BCUT2D eigenvalue weighted by Crippen LogP contribution is -2.51. The third-order valence-corrected chi connectivity index (χ3v) is 8.05. The van der Waals surface area contributed by atoms with E-state index < -0.39 is 47.4 Å². The van der Waals surface area contributed by atoms with E-state index in [4.69, 9.17) is 21.1 Å². The molecule has 11 heteroatoms. The molecule has 258 valence electrons. The summed E-state index contributed by atoms with van der Waals surface area (Å²) in [7, 11) is 1.49. The Balaban J connectivity index is 2.06. The Bertz CT molecular complexity index is 1360. The van der Waals surface area contributed by atoms with Gasteiger partial charge in [0, 0.05) is 13.0 Å². The molecule has 0 fully saturated rings. The lowest BCUT2D eigenvalue weighted by molar-refractivity contribution is -0.171. The Labute approximate surface area is 282 Å². The Morgan fingerprint density at radius 2 is 1.68 bits per heavy atom. The zero-order valence-electron chi connectivity index (χ0n) is 28.1. The number of allylic oxidation sites excluding steroid dienone is 1. The highest BCUT2D eigenvalue weighted by molar-refractivity contribution is 6.32. The number of hydrogen-bond donors (Lipinski definition) is 4. The number of amides is 2. The molecule has 47 heavy (non-hydrogen) atoms. The van der Waals surface area contributed by atoms with E-state index >= 15 is 0 Å². The van der Waals surface area contributed by atoms with Gasteiger partial charge in [-0.05, 0) is 80.7 Å². The van der Waals surface area contributed by atoms with E-state index in [1.165, 1.54) is 13.2 Å². The molecule has 0 saturated heterocycles. The minimum absolute atomic E-state index is 0.00691. The Morgan fingerprint density at radius 3 is 2.28 bits per heavy atom. The van der Waals surface area contributed by atoms with Crippen molar-refractivity contribution in [1.82, 2.24) is 10.6 Å². The second-order valence-corrected chi connectivity index (χ2v) is 13.3. The molecular formula is C36H49ClN2O8. The highest BCUT2D eigenvalue weighted by Crippen LogP contribution is 2.26. The maximum atomic E-state index is 13.4. The molecule has 2 amide bonds. The van der Waals surface area contributed by atoms with Gasteiger partial charge in [0.1, 0.15) is 11.8 Å². The third-order valence-electron chi connectivity index (χ3n) is 7.76. The molecule has 3 unspecified atom stereocenters. The molecule has 0 aliphatic heterocycles. The van der Waals surface area contributed by atoms with Gasteiger partial charge in [0.25, 0.3) is 0 Å². The van der Waals surface area contributed by atoms with Crippen molar-refractivity contribution in [2.45, 2.75) is 85.0 Å². The number of aliphatic carboxylic acids is 1. The van der Waals surface area contributed by atoms with Crippen LogP contribution in [-0.2, 0) is 36.8 Å². The zero-order chi connectivity index (χ0) is 35.1. The van der Waals surface area contributed by atoms with Gasteiger partial charge in [0.2, 0.25) is 11.8 Å². The largest absolute Gasteiger partial charge is 0.495 e. The molecular weight excluding hydrogens is 624 g/mol. The fraction of sp³-hybridized carbons (Fsp3) is 0.500.